The molecule has 0 saturated carbocycles. The highest BCUT2D eigenvalue weighted by Gasteiger charge is 2.14. The molecule has 28 heavy (non-hydrogen) atoms. The molecule has 0 fully saturated rings. The molecule has 8 nitrogen and oxygen atoms in total. The van der Waals surface area contributed by atoms with Crippen molar-refractivity contribution in [3.63, 3.8) is 0 Å². The number of ether oxygens (including phenoxy) is 5. The first-order valence-corrected chi connectivity index (χ1v) is 8.35. The summed E-state index contributed by atoms with van der Waals surface area (Å²) < 4.78 is 25.7. The number of amides is 1. The molecular formula is C20H19NO7. The van der Waals surface area contributed by atoms with Gasteiger partial charge in [-0.15, -0.1) is 0 Å². The first kappa shape index (κ1) is 19.1. The highest BCUT2D eigenvalue weighted by atomic mass is 16.7. The summed E-state index contributed by atoms with van der Waals surface area (Å²) in [5.41, 5.74) is 1.21. The molecule has 146 valence electrons. The lowest BCUT2D eigenvalue weighted by atomic mass is 10.2. The standard InChI is InChI=1S/C20H19NO7/c1-24-15-7-13(8-16(10-15)25-2)3-6-20(23)26-11-19(22)21-14-4-5-17-18(9-14)28-12-27-17/h3-10H,11-12H2,1-2H3,(H,21,22)/b6-3+. The van der Waals surface area contributed by atoms with Crippen molar-refractivity contribution in [2.24, 2.45) is 0 Å². The van der Waals surface area contributed by atoms with Gasteiger partial charge in [0.05, 0.1) is 14.2 Å². The minimum Gasteiger partial charge on any atom is -0.497 e. The number of benzene rings is 2. The molecule has 1 aliphatic heterocycles. The molecule has 0 bridgehead atoms. The fourth-order valence-corrected chi connectivity index (χ4v) is 2.45. The van der Waals surface area contributed by atoms with Gasteiger partial charge >= 0.3 is 5.97 Å². The predicted molar refractivity (Wildman–Crippen MR) is 101 cm³/mol. The van der Waals surface area contributed by atoms with Gasteiger partial charge in [0.25, 0.3) is 5.91 Å². The molecule has 1 heterocycles. The number of hydrogen-bond donors (Lipinski definition) is 1. The predicted octanol–water partition coefficient (Wildman–Crippen LogP) is 2.63. The average Bonchev–Trinajstić information content (AvgIpc) is 3.18. The van der Waals surface area contributed by atoms with Crippen molar-refractivity contribution in [2.45, 2.75) is 0 Å². The third-order valence-corrected chi connectivity index (χ3v) is 3.79. The van der Waals surface area contributed by atoms with Gasteiger partial charge in [-0.05, 0) is 35.9 Å². The Morgan fingerprint density at radius 1 is 1.04 bits per heavy atom. The third-order valence-electron chi connectivity index (χ3n) is 3.79. The molecule has 2 aromatic carbocycles. The van der Waals surface area contributed by atoms with Gasteiger partial charge in [0.2, 0.25) is 6.79 Å². The van der Waals surface area contributed by atoms with Crippen molar-refractivity contribution < 1.29 is 33.3 Å². The third kappa shape index (κ3) is 4.94. The fraction of sp³-hybridized carbons (Fsp3) is 0.200. The number of carbonyl (C=O) groups is 2. The zero-order valence-corrected chi connectivity index (χ0v) is 15.4. The van der Waals surface area contributed by atoms with Gasteiger partial charge in [-0.3, -0.25) is 4.79 Å². The molecule has 2 aromatic rings. The van der Waals surface area contributed by atoms with Crippen LogP contribution in [-0.2, 0) is 14.3 Å². The summed E-state index contributed by atoms with van der Waals surface area (Å²) in [6.45, 7) is -0.269. The molecule has 0 aliphatic carbocycles. The van der Waals surface area contributed by atoms with Crippen molar-refractivity contribution in [2.75, 3.05) is 32.9 Å². The summed E-state index contributed by atoms with van der Waals surface area (Å²) in [6.07, 6.45) is 2.77. The van der Waals surface area contributed by atoms with Crippen LogP contribution < -0.4 is 24.3 Å². The molecular weight excluding hydrogens is 366 g/mol. The van der Waals surface area contributed by atoms with Crippen molar-refractivity contribution in [1.29, 1.82) is 0 Å². The van der Waals surface area contributed by atoms with Crippen LogP contribution in [0.4, 0.5) is 5.69 Å². The van der Waals surface area contributed by atoms with Crippen LogP contribution in [0.1, 0.15) is 5.56 Å². The number of rotatable bonds is 7. The zero-order chi connectivity index (χ0) is 19.9. The fourth-order valence-electron chi connectivity index (χ4n) is 2.45. The van der Waals surface area contributed by atoms with Crippen LogP contribution >= 0.6 is 0 Å². The van der Waals surface area contributed by atoms with Crippen LogP contribution in [0.15, 0.2) is 42.5 Å². The van der Waals surface area contributed by atoms with E-state index >= 15 is 0 Å². The number of esters is 1. The van der Waals surface area contributed by atoms with E-state index in [0.29, 0.717) is 34.2 Å². The van der Waals surface area contributed by atoms with Gasteiger partial charge in [0.1, 0.15) is 11.5 Å². The summed E-state index contributed by atoms with van der Waals surface area (Å²) in [6, 6.07) is 10.2. The number of anilines is 1. The molecule has 1 aliphatic rings. The van der Waals surface area contributed by atoms with Crippen LogP contribution in [0.3, 0.4) is 0 Å². The minimum atomic E-state index is -0.650. The van der Waals surface area contributed by atoms with Crippen LogP contribution in [0.25, 0.3) is 6.08 Å². The Bertz CT molecular complexity index is 885. The summed E-state index contributed by atoms with van der Waals surface area (Å²) >= 11 is 0. The van der Waals surface area contributed by atoms with Crippen molar-refractivity contribution in [3.8, 4) is 23.0 Å². The second-order valence-corrected chi connectivity index (χ2v) is 5.70. The van der Waals surface area contributed by atoms with E-state index in [4.69, 9.17) is 23.7 Å². The smallest absolute Gasteiger partial charge is 0.331 e. The Morgan fingerprint density at radius 3 is 2.46 bits per heavy atom. The molecule has 0 unspecified atom stereocenters. The van der Waals surface area contributed by atoms with Crippen LogP contribution in [0, 0.1) is 0 Å². The topological polar surface area (TPSA) is 92.3 Å². The minimum absolute atomic E-state index is 0.149. The van der Waals surface area contributed by atoms with Gasteiger partial charge < -0.3 is 29.0 Å². The first-order valence-electron chi connectivity index (χ1n) is 8.35. The highest BCUT2D eigenvalue weighted by Crippen LogP contribution is 2.34. The molecule has 0 spiro atoms. The first-order chi connectivity index (χ1) is 13.6. The molecule has 0 aromatic heterocycles. The molecule has 0 radical (unpaired) electrons. The van der Waals surface area contributed by atoms with Crippen LogP contribution in [-0.4, -0.2) is 39.5 Å². The maximum absolute atomic E-state index is 11.9. The number of nitrogens with one attached hydrogen (secondary N) is 1. The second-order valence-electron chi connectivity index (χ2n) is 5.70. The van der Waals surface area contributed by atoms with E-state index in [2.05, 4.69) is 5.32 Å². The number of fused-ring (bicyclic) bond motifs is 1. The van der Waals surface area contributed by atoms with Gasteiger partial charge in [-0.1, -0.05) is 0 Å². The highest BCUT2D eigenvalue weighted by molar-refractivity contribution is 5.94. The van der Waals surface area contributed by atoms with E-state index in [1.807, 2.05) is 0 Å². The maximum Gasteiger partial charge on any atom is 0.331 e. The van der Waals surface area contributed by atoms with E-state index in [-0.39, 0.29) is 6.79 Å². The lowest BCUT2D eigenvalue weighted by Crippen LogP contribution is -2.20. The van der Waals surface area contributed by atoms with E-state index in [1.54, 1.807) is 42.5 Å². The van der Waals surface area contributed by atoms with E-state index in [9.17, 15) is 9.59 Å². The zero-order valence-electron chi connectivity index (χ0n) is 15.4. The Kier molecular flexibility index (Phi) is 6.01. The van der Waals surface area contributed by atoms with E-state index < -0.39 is 18.5 Å². The summed E-state index contributed by atoms with van der Waals surface area (Å²) in [7, 11) is 3.07. The largest absolute Gasteiger partial charge is 0.497 e. The molecule has 0 saturated heterocycles. The van der Waals surface area contributed by atoms with Gasteiger partial charge in [-0.2, -0.15) is 0 Å². The molecule has 0 atom stereocenters. The summed E-state index contributed by atoms with van der Waals surface area (Å²) in [5, 5.41) is 2.62. The van der Waals surface area contributed by atoms with Crippen LogP contribution in [0.2, 0.25) is 0 Å². The normalized spacial score (nSPS) is 11.9. The monoisotopic (exact) mass is 385 g/mol. The Labute approximate surface area is 161 Å². The molecule has 1 N–H and O–H groups in total. The lowest BCUT2D eigenvalue weighted by molar-refractivity contribution is -0.142. The van der Waals surface area contributed by atoms with Gasteiger partial charge in [0, 0.05) is 23.9 Å². The average molecular weight is 385 g/mol. The number of methoxy groups -OCH3 is 2. The quantitative estimate of drug-likeness (QED) is 0.579. The Balaban J connectivity index is 1.51. The number of hydrogen-bond acceptors (Lipinski definition) is 7. The van der Waals surface area contributed by atoms with Gasteiger partial charge in [0.15, 0.2) is 18.1 Å². The summed E-state index contributed by atoms with van der Waals surface area (Å²) in [5.74, 6) is 1.23. The molecule has 8 heteroatoms. The maximum atomic E-state index is 11.9. The van der Waals surface area contributed by atoms with Crippen molar-refractivity contribution in [1.82, 2.24) is 0 Å². The molecule has 3 rings (SSSR count). The summed E-state index contributed by atoms with van der Waals surface area (Å²) in [4.78, 5) is 23.8. The second kappa shape index (κ2) is 8.81. The van der Waals surface area contributed by atoms with Gasteiger partial charge in [-0.25, -0.2) is 4.79 Å². The van der Waals surface area contributed by atoms with E-state index in [1.165, 1.54) is 20.3 Å². The molecule has 1 amide bonds. The van der Waals surface area contributed by atoms with Crippen LogP contribution in [0.5, 0.6) is 23.0 Å². The van der Waals surface area contributed by atoms with E-state index in [0.717, 1.165) is 0 Å². The Hall–Kier alpha value is -3.68. The SMILES string of the molecule is COc1cc(/C=C/C(=O)OCC(=O)Nc2ccc3c(c2)OCO3)cc(OC)c1. The van der Waals surface area contributed by atoms with Crippen molar-refractivity contribution >= 4 is 23.6 Å². The number of carbonyl (C=O) groups excluding carboxylic acids is 2. The Morgan fingerprint density at radius 2 is 1.75 bits per heavy atom. The lowest BCUT2D eigenvalue weighted by Gasteiger charge is -2.07. The van der Waals surface area contributed by atoms with Crippen molar-refractivity contribution in [3.05, 3.63) is 48.0 Å².